The molecule has 0 fully saturated rings. The third kappa shape index (κ3) is 4.44. The molecule has 0 aliphatic rings. The molecule has 104 valence electrons. The molecule has 1 atom stereocenters. The lowest BCUT2D eigenvalue weighted by Crippen LogP contribution is -2.20. The highest BCUT2D eigenvalue weighted by molar-refractivity contribution is 7.99. The first kappa shape index (κ1) is 15.3. The maximum atomic E-state index is 11.1. The van der Waals surface area contributed by atoms with Crippen LogP contribution < -0.4 is 11.1 Å². The second kappa shape index (κ2) is 6.98. The van der Waals surface area contributed by atoms with E-state index in [0.29, 0.717) is 5.69 Å². The minimum Gasteiger partial charge on any atom is -0.376 e. The van der Waals surface area contributed by atoms with Crippen molar-refractivity contribution in [1.29, 1.82) is 0 Å². The fourth-order valence-electron chi connectivity index (χ4n) is 1.57. The van der Waals surface area contributed by atoms with E-state index < -0.39 is 10.8 Å². The number of benzene rings is 1. The summed E-state index contributed by atoms with van der Waals surface area (Å²) in [7, 11) is 0. The van der Waals surface area contributed by atoms with Crippen LogP contribution in [0.4, 0.5) is 11.4 Å². The lowest BCUT2D eigenvalue weighted by Gasteiger charge is -2.15. The standard InChI is InChI=1S/C12H17N3O3S/c1-3-19-7-8(2)14-10-6-9(12(13)16)4-5-11(10)15(17)18/h4-6,8,14H,3,7H2,1-2H3,(H2,13,16). The van der Waals surface area contributed by atoms with E-state index in [2.05, 4.69) is 5.32 Å². The number of hydrogen-bond acceptors (Lipinski definition) is 5. The smallest absolute Gasteiger partial charge is 0.292 e. The normalized spacial score (nSPS) is 11.9. The molecule has 19 heavy (non-hydrogen) atoms. The van der Waals surface area contributed by atoms with E-state index in [1.165, 1.54) is 18.2 Å². The zero-order valence-electron chi connectivity index (χ0n) is 10.9. The molecule has 0 aliphatic heterocycles. The number of nitrogens with zero attached hydrogens (tertiary/aromatic N) is 1. The van der Waals surface area contributed by atoms with Crippen LogP contribution in [0.3, 0.4) is 0 Å². The summed E-state index contributed by atoms with van der Waals surface area (Å²) in [6.45, 7) is 3.98. The van der Waals surface area contributed by atoms with Crippen molar-refractivity contribution in [2.45, 2.75) is 19.9 Å². The molecule has 0 heterocycles. The van der Waals surface area contributed by atoms with Gasteiger partial charge < -0.3 is 11.1 Å². The molecule has 1 aromatic rings. The van der Waals surface area contributed by atoms with Gasteiger partial charge in [-0.3, -0.25) is 14.9 Å². The highest BCUT2D eigenvalue weighted by Gasteiger charge is 2.17. The molecule has 0 aromatic heterocycles. The van der Waals surface area contributed by atoms with E-state index in [1.807, 2.05) is 13.8 Å². The molecule has 1 amide bonds. The Hall–Kier alpha value is -1.76. The van der Waals surface area contributed by atoms with E-state index in [1.54, 1.807) is 11.8 Å². The van der Waals surface area contributed by atoms with Crippen molar-refractivity contribution in [3.63, 3.8) is 0 Å². The lowest BCUT2D eigenvalue weighted by atomic mass is 10.1. The average molecular weight is 283 g/mol. The third-order valence-electron chi connectivity index (χ3n) is 2.45. The van der Waals surface area contributed by atoms with Crippen molar-refractivity contribution in [2.75, 3.05) is 16.8 Å². The predicted octanol–water partition coefficient (Wildman–Crippen LogP) is 2.25. The number of rotatable bonds is 7. The van der Waals surface area contributed by atoms with Gasteiger partial charge in [0.1, 0.15) is 5.69 Å². The molecule has 0 saturated carbocycles. The highest BCUT2D eigenvalue weighted by atomic mass is 32.2. The van der Waals surface area contributed by atoms with Gasteiger partial charge in [0.2, 0.25) is 5.91 Å². The zero-order chi connectivity index (χ0) is 14.4. The lowest BCUT2D eigenvalue weighted by molar-refractivity contribution is -0.384. The molecule has 6 nitrogen and oxygen atoms in total. The molecule has 0 spiro atoms. The van der Waals surface area contributed by atoms with Crippen molar-refractivity contribution < 1.29 is 9.72 Å². The van der Waals surface area contributed by atoms with Crippen LogP contribution in [0.2, 0.25) is 0 Å². The Bertz CT molecular complexity index is 479. The Morgan fingerprint density at radius 3 is 2.79 bits per heavy atom. The predicted molar refractivity (Wildman–Crippen MR) is 77.7 cm³/mol. The quantitative estimate of drug-likeness (QED) is 0.590. The minimum absolute atomic E-state index is 0.0571. The van der Waals surface area contributed by atoms with Crippen LogP contribution in [0.5, 0.6) is 0 Å². The molecule has 1 aromatic carbocycles. The summed E-state index contributed by atoms with van der Waals surface area (Å²) < 4.78 is 0. The Balaban J connectivity index is 2.97. The first-order chi connectivity index (χ1) is 8.95. The molecule has 7 heteroatoms. The third-order valence-corrected chi connectivity index (χ3v) is 3.60. The molecule has 0 aliphatic carbocycles. The molecular weight excluding hydrogens is 266 g/mol. The van der Waals surface area contributed by atoms with Crippen LogP contribution in [0.1, 0.15) is 24.2 Å². The fraction of sp³-hybridized carbons (Fsp3) is 0.417. The average Bonchev–Trinajstić information content (AvgIpc) is 2.35. The second-order valence-electron chi connectivity index (χ2n) is 4.06. The number of amides is 1. The topological polar surface area (TPSA) is 98.3 Å². The van der Waals surface area contributed by atoms with E-state index in [-0.39, 0.29) is 17.3 Å². The Morgan fingerprint density at radius 2 is 2.26 bits per heavy atom. The Morgan fingerprint density at radius 1 is 1.58 bits per heavy atom. The number of nitro benzene ring substituents is 1. The monoisotopic (exact) mass is 283 g/mol. The molecule has 0 saturated heterocycles. The van der Waals surface area contributed by atoms with Gasteiger partial charge >= 0.3 is 0 Å². The minimum atomic E-state index is -0.603. The van der Waals surface area contributed by atoms with Gasteiger partial charge in [0.25, 0.3) is 5.69 Å². The first-order valence-corrected chi connectivity index (χ1v) is 7.03. The van der Waals surface area contributed by atoms with Crippen LogP contribution in [0.25, 0.3) is 0 Å². The van der Waals surface area contributed by atoms with Crippen molar-refractivity contribution in [3.8, 4) is 0 Å². The van der Waals surface area contributed by atoms with Gasteiger partial charge in [-0.15, -0.1) is 0 Å². The number of carbonyl (C=O) groups is 1. The number of nitrogens with one attached hydrogen (secondary N) is 1. The van der Waals surface area contributed by atoms with Crippen molar-refractivity contribution in [2.24, 2.45) is 5.73 Å². The first-order valence-electron chi connectivity index (χ1n) is 5.88. The zero-order valence-corrected chi connectivity index (χ0v) is 11.7. The summed E-state index contributed by atoms with van der Waals surface area (Å²) >= 11 is 1.74. The number of carbonyl (C=O) groups excluding carboxylic acids is 1. The van der Waals surface area contributed by atoms with E-state index in [4.69, 9.17) is 5.73 Å². The van der Waals surface area contributed by atoms with Gasteiger partial charge in [-0.1, -0.05) is 6.92 Å². The fourth-order valence-corrected chi connectivity index (χ4v) is 2.24. The number of nitrogens with two attached hydrogens (primary N) is 1. The summed E-state index contributed by atoms with van der Waals surface area (Å²) in [5, 5.41) is 14.0. The summed E-state index contributed by atoms with van der Waals surface area (Å²) in [5.41, 5.74) is 5.70. The molecule has 3 N–H and O–H groups in total. The molecule has 1 unspecified atom stereocenters. The van der Waals surface area contributed by atoms with Gasteiger partial charge in [-0.2, -0.15) is 11.8 Å². The van der Waals surface area contributed by atoms with Crippen molar-refractivity contribution >= 4 is 29.0 Å². The molecule has 0 radical (unpaired) electrons. The summed E-state index contributed by atoms with van der Waals surface area (Å²) in [5.74, 6) is 1.21. The molecule has 1 rings (SSSR count). The maximum absolute atomic E-state index is 11.1. The largest absolute Gasteiger partial charge is 0.376 e. The van der Waals surface area contributed by atoms with Crippen LogP contribution in [0, 0.1) is 10.1 Å². The van der Waals surface area contributed by atoms with E-state index in [0.717, 1.165) is 11.5 Å². The summed E-state index contributed by atoms with van der Waals surface area (Å²) in [4.78, 5) is 21.6. The Labute approximate surface area is 115 Å². The maximum Gasteiger partial charge on any atom is 0.292 e. The summed E-state index contributed by atoms with van der Waals surface area (Å²) in [6, 6.07) is 4.14. The highest BCUT2D eigenvalue weighted by Crippen LogP contribution is 2.26. The van der Waals surface area contributed by atoms with Gasteiger partial charge in [0.05, 0.1) is 4.92 Å². The van der Waals surface area contributed by atoms with E-state index in [9.17, 15) is 14.9 Å². The van der Waals surface area contributed by atoms with E-state index >= 15 is 0 Å². The molecule has 0 bridgehead atoms. The van der Waals surface area contributed by atoms with Crippen LogP contribution in [0.15, 0.2) is 18.2 Å². The van der Waals surface area contributed by atoms with Gasteiger partial charge in [0, 0.05) is 23.4 Å². The van der Waals surface area contributed by atoms with Crippen LogP contribution in [-0.2, 0) is 0 Å². The van der Waals surface area contributed by atoms with Gasteiger partial charge in [-0.25, -0.2) is 0 Å². The van der Waals surface area contributed by atoms with Crippen LogP contribution in [-0.4, -0.2) is 28.4 Å². The van der Waals surface area contributed by atoms with Gasteiger partial charge in [0.15, 0.2) is 0 Å². The number of thioether (sulfide) groups is 1. The van der Waals surface area contributed by atoms with Gasteiger partial charge in [-0.05, 0) is 24.8 Å². The number of nitro groups is 1. The number of primary amides is 1. The SMILES string of the molecule is CCSCC(C)Nc1cc(C(N)=O)ccc1[N+](=O)[O-]. The van der Waals surface area contributed by atoms with Crippen molar-refractivity contribution in [1.82, 2.24) is 0 Å². The number of anilines is 1. The Kier molecular flexibility index (Phi) is 5.62. The molecular formula is C12H17N3O3S. The van der Waals surface area contributed by atoms with Crippen molar-refractivity contribution in [3.05, 3.63) is 33.9 Å². The van der Waals surface area contributed by atoms with Crippen LogP contribution >= 0.6 is 11.8 Å². The summed E-state index contributed by atoms with van der Waals surface area (Å²) in [6.07, 6.45) is 0. The second-order valence-corrected chi connectivity index (χ2v) is 5.38. The number of hydrogen-bond donors (Lipinski definition) is 2.